The van der Waals surface area contributed by atoms with E-state index in [1.807, 2.05) is 0 Å². The molecular weight excluding hydrogens is 211 g/mol. The number of ether oxygens (including phenoxy) is 1. The normalized spacial score (nSPS) is 18.0. The van der Waals surface area contributed by atoms with Crippen LogP contribution in [0.1, 0.15) is 0 Å². The highest BCUT2D eigenvalue weighted by Crippen LogP contribution is 2.23. The third kappa shape index (κ3) is 4.66. The molecule has 0 aliphatic carbocycles. The molecule has 7 heteroatoms. The van der Waals surface area contributed by atoms with Crippen LogP contribution in [-0.4, -0.2) is 24.0 Å². The van der Waals surface area contributed by atoms with Gasteiger partial charge in [0.25, 0.3) is 0 Å². The SMILES string of the molecule is FCC(F)(F)OC(Cl)C(F)Cl. The first-order chi connectivity index (χ1) is 4.89. The molecule has 0 bridgehead atoms. The van der Waals surface area contributed by atoms with Gasteiger partial charge in [0.15, 0.2) is 12.2 Å². The minimum absolute atomic E-state index is 2.05. The molecule has 68 valence electrons. The maximum atomic E-state index is 11.9. The summed E-state index contributed by atoms with van der Waals surface area (Å²) in [6.45, 7) is -2.07. The minimum Gasteiger partial charge on any atom is -0.294 e. The van der Waals surface area contributed by atoms with Crippen molar-refractivity contribution in [2.75, 3.05) is 6.67 Å². The molecular formula is C4H4Cl2F4O. The van der Waals surface area contributed by atoms with Crippen molar-refractivity contribution in [1.29, 1.82) is 0 Å². The molecule has 0 saturated carbocycles. The zero-order valence-corrected chi connectivity index (χ0v) is 6.55. The highest BCUT2D eigenvalue weighted by molar-refractivity contribution is 6.28. The Morgan fingerprint density at radius 2 is 1.82 bits per heavy atom. The molecule has 0 N–H and O–H groups in total. The Hall–Kier alpha value is 0.260. The van der Waals surface area contributed by atoms with Gasteiger partial charge in [0.1, 0.15) is 0 Å². The van der Waals surface area contributed by atoms with Gasteiger partial charge in [0.05, 0.1) is 0 Å². The molecule has 0 heterocycles. The van der Waals surface area contributed by atoms with Gasteiger partial charge in [-0.1, -0.05) is 23.2 Å². The quantitative estimate of drug-likeness (QED) is 0.517. The number of hydrogen-bond acceptors (Lipinski definition) is 1. The maximum Gasteiger partial charge on any atom is 0.385 e. The largest absolute Gasteiger partial charge is 0.385 e. The van der Waals surface area contributed by atoms with Crippen molar-refractivity contribution in [3.05, 3.63) is 0 Å². The van der Waals surface area contributed by atoms with Crippen LogP contribution in [0.5, 0.6) is 0 Å². The molecule has 0 aliphatic heterocycles. The van der Waals surface area contributed by atoms with Crippen LogP contribution < -0.4 is 0 Å². The lowest BCUT2D eigenvalue weighted by Gasteiger charge is -2.17. The van der Waals surface area contributed by atoms with Crippen LogP contribution in [0.15, 0.2) is 0 Å². The van der Waals surface area contributed by atoms with Crippen molar-refractivity contribution in [3.63, 3.8) is 0 Å². The molecule has 0 aromatic carbocycles. The molecule has 1 nitrogen and oxygen atoms in total. The fourth-order valence-electron chi connectivity index (χ4n) is 0.248. The Labute approximate surface area is 70.2 Å². The molecule has 0 aliphatic rings. The second-order valence-corrected chi connectivity index (χ2v) is 2.42. The van der Waals surface area contributed by atoms with Crippen LogP contribution in [-0.2, 0) is 4.74 Å². The molecule has 0 saturated heterocycles. The van der Waals surface area contributed by atoms with Gasteiger partial charge < -0.3 is 0 Å². The van der Waals surface area contributed by atoms with Crippen LogP contribution >= 0.6 is 23.2 Å². The lowest BCUT2D eigenvalue weighted by molar-refractivity contribution is -0.258. The van der Waals surface area contributed by atoms with Gasteiger partial charge >= 0.3 is 6.11 Å². The fourth-order valence-corrected chi connectivity index (χ4v) is 0.429. The summed E-state index contributed by atoms with van der Waals surface area (Å²) in [6.07, 6.45) is -4.08. The van der Waals surface area contributed by atoms with E-state index in [0.29, 0.717) is 0 Å². The molecule has 2 unspecified atom stereocenters. The molecule has 0 fully saturated rings. The van der Waals surface area contributed by atoms with E-state index in [9.17, 15) is 17.6 Å². The molecule has 0 aromatic rings. The van der Waals surface area contributed by atoms with Gasteiger partial charge in [-0.2, -0.15) is 8.78 Å². The Balaban J connectivity index is 3.83. The smallest absolute Gasteiger partial charge is 0.294 e. The van der Waals surface area contributed by atoms with Crippen LogP contribution in [0.4, 0.5) is 17.6 Å². The van der Waals surface area contributed by atoms with Gasteiger partial charge in [-0.15, -0.1) is 0 Å². The minimum atomic E-state index is -4.08. The summed E-state index contributed by atoms with van der Waals surface area (Å²) in [6, 6.07) is 0. The van der Waals surface area contributed by atoms with E-state index in [2.05, 4.69) is 16.3 Å². The van der Waals surface area contributed by atoms with E-state index < -0.39 is 24.0 Å². The number of halogens is 6. The van der Waals surface area contributed by atoms with Gasteiger partial charge in [-0.25, -0.2) is 8.78 Å². The Morgan fingerprint density at radius 1 is 1.36 bits per heavy atom. The maximum absolute atomic E-state index is 11.9. The zero-order chi connectivity index (χ0) is 9.07. The predicted octanol–water partition coefficient (Wildman–Crippen LogP) is 2.66. The summed E-state index contributed by atoms with van der Waals surface area (Å²) in [5.41, 5.74) is -4.35. The van der Waals surface area contributed by atoms with Crippen LogP contribution in [0, 0.1) is 0 Å². The van der Waals surface area contributed by atoms with Crippen molar-refractivity contribution < 1.29 is 22.3 Å². The molecule has 0 amide bonds. The van der Waals surface area contributed by atoms with Crippen molar-refractivity contribution in [3.8, 4) is 0 Å². The van der Waals surface area contributed by atoms with E-state index >= 15 is 0 Å². The van der Waals surface area contributed by atoms with Crippen molar-refractivity contribution in [2.45, 2.75) is 17.3 Å². The Bertz CT molecular complexity index is 121. The standard InChI is InChI=1S/C4H4Cl2F4O/c5-2(8)3(6)11-4(9,10)1-7/h2-3H,1H2. The van der Waals surface area contributed by atoms with E-state index in [0.717, 1.165) is 0 Å². The average molecular weight is 215 g/mol. The van der Waals surface area contributed by atoms with Gasteiger partial charge in [0, 0.05) is 0 Å². The van der Waals surface area contributed by atoms with Crippen LogP contribution in [0.2, 0.25) is 0 Å². The predicted molar refractivity (Wildman–Crippen MR) is 32.4 cm³/mol. The van der Waals surface area contributed by atoms with Crippen molar-refractivity contribution in [2.24, 2.45) is 0 Å². The topological polar surface area (TPSA) is 9.23 Å². The molecule has 0 radical (unpaired) electrons. The molecule has 0 spiro atoms. The molecule has 2 atom stereocenters. The van der Waals surface area contributed by atoms with Gasteiger partial charge in [-0.05, 0) is 0 Å². The zero-order valence-electron chi connectivity index (χ0n) is 5.04. The Kier molecular flexibility index (Phi) is 4.43. The summed E-state index contributed by atoms with van der Waals surface area (Å²) >= 11 is 9.42. The third-order valence-corrected chi connectivity index (χ3v) is 1.31. The summed E-state index contributed by atoms with van der Waals surface area (Å²) in [7, 11) is 0. The Morgan fingerprint density at radius 3 is 2.09 bits per heavy atom. The summed E-state index contributed by atoms with van der Waals surface area (Å²) in [5, 5.41) is 0. The van der Waals surface area contributed by atoms with Crippen molar-refractivity contribution in [1.82, 2.24) is 0 Å². The van der Waals surface area contributed by atoms with E-state index in [1.54, 1.807) is 0 Å². The third-order valence-electron chi connectivity index (χ3n) is 0.639. The molecule has 0 aromatic heterocycles. The number of hydrogen-bond donors (Lipinski definition) is 0. The fraction of sp³-hybridized carbons (Fsp3) is 1.00. The first-order valence-corrected chi connectivity index (χ1v) is 3.30. The second-order valence-electron chi connectivity index (χ2n) is 1.57. The first kappa shape index (κ1) is 11.3. The highest BCUT2D eigenvalue weighted by atomic mass is 35.5. The first-order valence-electron chi connectivity index (χ1n) is 2.43. The van der Waals surface area contributed by atoms with Gasteiger partial charge in [-0.3, -0.25) is 4.74 Å². The number of alkyl halides is 6. The highest BCUT2D eigenvalue weighted by Gasteiger charge is 2.35. The van der Waals surface area contributed by atoms with E-state index in [4.69, 9.17) is 11.6 Å². The van der Waals surface area contributed by atoms with E-state index in [1.165, 1.54) is 0 Å². The monoisotopic (exact) mass is 214 g/mol. The van der Waals surface area contributed by atoms with Crippen LogP contribution in [0.3, 0.4) is 0 Å². The lowest BCUT2D eigenvalue weighted by Crippen LogP contribution is -2.30. The second kappa shape index (κ2) is 4.33. The number of rotatable bonds is 4. The molecule has 0 rings (SSSR count). The van der Waals surface area contributed by atoms with Gasteiger partial charge in [0.2, 0.25) is 5.63 Å². The van der Waals surface area contributed by atoms with Crippen LogP contribution in [0.25, 0.3) is 0 Å². The average Bonchev–Trinajstić information content (AvgIpc) is 1.87. The van der Waals surface area contributed by atoms with Crippen molar-refractivity contribution >= 4 is 23.2 Å². The summed E-state index contributed by atoms with van der Waals surface area (Å²) in [4.78, 5) is 0. The molecule has 11 heavy (non-hydrogen) atoms. The lowest BCUT2D eigenvalue weighted by atomic mass is 10.7. The summed E-state index contributed by atoms with van der Waals surface area (Å²) in [5.74, 6) is 0. The summed E-state index contributed by atoms with van der Waals surface area (Å²) < 4.78 is 50.2. The van der Waals surface area contributed by atoms with E-state index in [-0.39, 0.29) is 0 Å².